The Balaban J connectivity index is 1.50. The molecular formula is C27H27N3O3. The fourth-order valence-corrected chi connectivity index (χ4v) is 5.12. The number of carbonyl (C=O) groups is 2. The third-order valence-electron chi connectivity index (χ3n) is 6.63. The molecule has 0 saturated carbocycles. The van der Waals surface area contributed by atoms with Crippen molar-refractivity contribution in [2.45, 2.75) is 51.8 Å². The van der Waals surface area contributed by atoms with E-state index >= 15 is 0 Å². The maximum atomic E-state index is 13.4. The summed E-state index contributed by atoms with van der Waals surface area (Å²) in [5, 5.41) is 0. The van der Waals surface area contributed by atoms with Gasteiger partial charge in [-0.05, 0) is 59.9 Å². The first-order valence-corrected chi connectivity index (χ1v) is 11.5. The van der Waals surface area contributed by atoms with E-state index in [4.69, 9.17) is 4.74 Å². The molecule has 5 rings (SSSR count). The van der Waals surface area contributed by atoms with Crippen LogP contribution in [0.4, 0.5) is 10.5 Å². The highest BCUT2D eigenvalue weighted by atomic mass is 16.5. The van der Waals surface area contributed by atoms with E-state index in [0.29, 0.717) is 18.7 Å². The molecular weight excluding hydrogens is 414 g/mol. The molecule has 2 aliphatic heterocycles. The number of rotatable bonds is 6. The number of nitrogens with zero attached hydrogens (tertiary/aromatic N) is 3. The number of ether oxygens (including phenoxy) is 1. The smallest absolute Gasteiger partial charge is 0.332 e. The third kappa shape index (κ3) is 3.55. The maximum absolute atomic E-state index is 13.4. The minimum absolute atomic E-state index is 0.140. The molecule has 1 unspecified atom stereocenters. The van der Waals surface area contributed by atoms with Crippen LogP contribution < -0.4 is 9.64 Å². The minimum Gasteiger partial charge on any atom is -0.487 e. The van der Waals surface area contributed by atoms with Gasteiger partial charge in [0, 0.05) is 12.6 Å². The number of urea groups is 1. The van der Waals surface area contributed by atoms with Gasteiger partial charge in [0.05, 0.1) is 17.4 Å². The summed E-state index contributed by atoms with van der Waals surface area (Å²) in [4.78, 5) is 34.3. The van der Waals surface area contributed by atoms with E-state index in [0.717, 1.165) is 41.0 Å². The zero-order valence-corrected chi connectivity index (χ0v) is 18.9. The van der Waals surface area contributed by atoms with Crippen LogP contribution in [0.2, 0.25) is 0 Å². The predicted octanol–water partition coefficient (Wildman–Crippen LogP) is 5.07. The first kappa shape index (κ1) is 21.2. The molecule has 1 fully saturated rings. The normalized spacial score (nSPS) is 19.5. The Labute approximate surface area is 193 Å². The lowest BCUT2D eigenvalue weighted by Crippen LogP contribution is -2.43. The molecule has 0 N–H and O–H groups in total. The number of anilines is 1. The number of imide groups is 1. The van der Waals surface area contributed by atoms with Crippen LogP contribution in [0.3, 0.4) is 0 Å². The van der Waals surface area contributed by atoms with Gasteiger partial charge in [0.25, 0.3) is 5.91 Å². The van der Waals surface area contributed by atoms with Crippen LogP contribution in [-0.2, 0) is 24.2 Å². The number of pyridine rings is 1. The summed E-state index contributed by atoms with van der Waals surface area (Å²) >= 11 is 0. The highest BCUT2D eigenvalue weighted by Gasteiger charge is 2.51. The van der Waals surface area contributed by atoms with E-state index in [9.17, 15) is 9.59 Å². The first-order valence-electron chi connectivity index (χ1n) is 11.5. The van der Waals surface area contributed by atoms with Crippen LogP contribution in [0, 0.1) is 0 Å². The molecule has 6 nitrogen and oxygen atoms in total. The van der Waals surface area contributed by atoms with Crippen molar-refractivity contribution in [1.82, 2.24) is 9.88 Å². The van der Waals surface area contributed by atoms with E-state index in [1.165, 1.54) is 4.90 Å². The number of carbonyl (C=O) groups excluding carboxylic acids is 2. The topological polar surface area (TPSA) is 62.7 Å². The van der Waals surface area contributed by atoms with Crippen molar-refractivity contribution >= 4 is 17.6 Å². The zero-order chi connectivity index (χ0) is 22.9. The van der Waals surface area contributed by atoms with E-state index in [2.05, 4.69) is 24.9 Å². The van der Waals surface area contributed by atoms with Gasteiger partial charge in [0.2, 0.25) is 0 Å². The van der Waals surface area contributed by atoms with Gasteiger partial charge in [-0.1, -0.05) is 44.2 Å². The second kappa shape index (κ2) is 8.70. The number of para-hydroxylation sites is 1. The van der Waals surface area contributed by atoms with Crippen LogP contribution in [0.15, 0.2) is 66.9 Å². The van der Waals surface area contributed by atoms with Crippen LogP contribution in [-0.4, -0.2) is 27.9 Å². The van der Waals surface area contributed by atoms with E-state index < -0.39 is 6.04 Å². The fourth-order valence-electron chi connectivity index (χ4n) is 5.12. The number of hydrogen-bond acceptors (Lipinski definition) is 4. The summed E-state index contributed by atoms with van der Waals surface area (Å²) in [6.07, 6.45) is 3.79. The quantitative estimate of drug-likeness (QED) is 0.501. The lowest BCUT2D eigenvalue weighted by atomic mass is 9.83. The fraction of sp³-hybridized carbons (Fsp3) is 0.296. The molecule has 0 radical (unpaired) electrons. The van der Waals surface area contributed by atoms with Crippen molar-refractivity contribution in [3.05, 3.63) is 89.2 Å². The van der Waals surface area contributed by atoms with Crippen molar-refractivity contribution in [1.29, 1.82) is 0 Å². The minimum atomic E-state index is -0.494. The molecule has 2 aromatic carbocycles. The average molecular weight is 442 g/mol. The van der Waals surface area contributed by atoms with Crippen molar-refractivity contribution in [2.75, 3.05) is 4.90 Å². The van der Waals surface area contributed by atoms with Crippen molar-refractivity contribution < 1.29 is 14.3 Å². The second-order valence-electron chi connectivity index (χ2n) is 8.42. The number of benzene rings is 2. The number of hydrogen-bond donors (Lipinski definition) is 0. The lowest BCUT2D eigenvalue weighted by molar-refractivity contribution is -0.120. The lowest BCUT2D eigenvalue weighted by Gasteiger charge is -2.38. The number of aromatic nitrogens is 1. The van der Waals surface area contributed by atoms with Crippen molar-refractivity contribution in [3.63, 3.8) is 0 Å². The Bertz CT molecular complexity index is 1180. The SMILES string of the molecule is CCc1c(OCc2ccccn2)ccc2c1C[C@H]1C(=O)N(c3ccccc3)C(=O)N1C2CC. The van der Waals surface area contributed by atoms with E-state index in [1.54, 1.807) is 11.1 Å². The van der Waals surface area contributed by atoms with Crippen LogP contribution in [0.1, 0.15) is 48.7 Å². The van der Waals surface area contributed by atoms with E-state index in [1.807, 2.05) is 54.6 Å². The van der Waals surface area contributed by atoms with Gasteiger partial charge in [-0.2, -0.15) is 0 Å². The number of amides is 3. The van der Waals surface area contributed by atoms with Crippen molar-refractivity contribution in [3.8, 4) is 5.75 Å². The van der Waals surface area contributed by atoms with Gasteiger partial charge < -0.3 is 9.64 Å². The molecule has 1 saturated heterocycles. The summed E-state index contributed by atoms with van der Waals surface area (Å²) in [5.41, 5.74) is 4.85. The van der Waals surface area contributed by atoms with Gasteiger partial charge in [-0.25, -0.2) is 9.69 Å². The highest BCUT2D eigenvalue weighted by Crippen LogP contribution is 2.44. The van der Waals surface area contributed by atoms with Crippen LogP contribution >= 0.6 is 0 Å². The summed E-state index contributed by atoms with van der Waals surface area (Å²) in [7, 11) is 0. The zero-order valence-electron chi connectivity index (χ0n) is 18.9. The van der Waals surface area contributed by atoms with Crippen LogP contribution in [0.25, 0.3) is 0 Å². The molecule has 168 valence electrons. The summed E-state index contributed by atoms with van der Waals surface area (Å²) in [5.74, 6) is 0.666. The molecule has 2 atom stereocenters. The average Bonchev–Trinajstić information content (AvgIpc) is 3.11. The molecule has 2 aliphatic rings. The molecule has 3 aromatic rings. The Morgan fingerprint density at radius 1 is 1.00 bits per heavy atom. The third-order valence-corrected chi connectivity index (χ3v) is 6.63. The van der Waals surface area contributed by atoms with Gasteiger partial charge in [-0.3, -0.25) is 9.78 Å². The predicted molar refractivity (Wildman–Crippen MR) is 126 cm³/mol. The molecule has 6 heteroatoms. The Kier molecular flexibility index (Phi) is 5.58. The maximum Gasteiger partial charge on any atom is 0.332 e. The molecule has 3 amide bonds. The monoisotopic (exact) mass is 441 g/mol. The molecule has 33 heavy (non-hydrogen) atoms. The molecule has 0 spiro atoms. The molecule has 3 heterocycles. The Morgan fingerprint density at radius 3 is 2.48 bits per heavy atom. The summed E-state index contributed by atoms with van der Waals surface area (Å²) < 4.78 is 6.16. The summed E-state index contributed by atoms with van der Waals surface area (Å²) in [6, 6.07) is 18.2. The summed E-state index contributed by atoms with van der Waals surface area (Å²) in [6.45, 7) is 4.56. The standard InChI is InChI=1S/C27H27N3O3/c1-3-20-22-16-24-26(31)29(19-11-6-5-7-12-19)27(32)30(24)23(4-2)21(22)13-14-25(20)33-17-18-10-8-9-15-28-18/h5-15,23-24H,3-4,16-17H2,1-2H3/t23?,24-/m0/s1. The van der Waals surface area contributed by atoms with Crippen molar-refractivity contribution in [2.24, 2.45) is 0 Å². The van der Waals surface area contributed by atoms with Crippen LogP contribution in [0.5, 0.6) is 5.75 Å². The Hall–Kier alpha value is -3.67. The van der Waals surface area contributed by atoms with E-state index in [-0.39, 0.29) is 18.0 Å². The Morgan fingerprint density at radius 2 is 1.79 bits per heavy atom. The molecule has 1 aromatic heterocycles. The largest absolute Gasteiger partial charge is 0.487 e. The van der Waals surface area contributed by atoms with Gasteiger partial charge in [0.15, 0.2) is 0 Å². The molecule has 0 aliphatic carbocycles. The molecule has 0 bridgehead atoms. The highest BCUT2D eigenvalue weighted by molar-refractivity contribution is 6.21. The van der Waals surface area contributed by atoms with Gasteiger partial charge in [-0.15, -0.1) is 0 Å². The van der Waals surface area contributed by atoms with Gasteiger partial charge >= 0.3 is 6.03 Å². The van der Waals surface area contributed by atoms with Gasteiger partial charge in [0.1, 0.15) is 18.4 Å². The first-order chi connectivity index (χ1) is 16.1. The number of fused-ring (bicyclic) bond motifs is 2. The second-order valence-corrected chi connectivity index (χ2v) is 8.42.